The molecular formula is C21H25BN2O4. The molecule has 7 heteroatoms. The molecule has 2 radical (unpaired) electrons. The van der Waals surface area contributed by atoms with Crippen LogP contribution < -0.4 is 10.3 Å². The number of carbonyl (C=O) groups is 2. The average molecular weight is 380 g/mol. The first-order valence-corrected chi connectivity index (χ1v) is 9.24. The molecule has 1 aliphatic heterocycles. The van der Waals surface area contributed by atoms with Crippen LogP contribution in [0.2, 0.25) is 0 Å². The van der Waals surface area contributed by atoms with Crippen LogP contribution >= 0.6 is 0 Å². The highest BCUT2D eigenvalue weighted by molar-refractivity contribution is 6.30. The number of benzene rings is 1. The molecule has 28 heavy (non-hydrogen) atoms. The third kappa shape index (κ3) is 4.19. The quantitative estimate of drug-likeness (QED) is 0.598. The molecule has 3 rings (SSSR count). The minimum Gasteiger partial charge on any atom is -0.497 e. The SMILES string of the molecule is CC.[B]c1cc(C2(C(=O)OC)CCN(C(=O)c3ccc(OC)cc3)C2)ccn1. The molecule has 1 aromatic carbocycles. The fourth-order valence-electron chi connectivity index (χ4n) is 3.36. The third-order valence-electron chi connectivity index (χ3n) is 4.80. The van der Waals surface area contributed by atoms with Crippen molar-refractivity contribution in [2.24, 2.45) is 0 Å². The molecule has 1 aromatic heterocycles. The van der Waals surface area contributed by atoms with Crippen LogP contribution in [0.5, 0.6) is 5.75 Å². The maximum atomic E-state index is 12.8. The number of methoxy groups -OCH3 is 2. The molecule has 146 valence electrons. The van der Waals surface area contributed by atoms with Crippen LogP contribution in [-0.4, -0.2) is 56.9 Å². The Kier molecular flexibility index (Phi) is 7.21. The monoisotopic (exact) mass is 380 g/mol. The van der Waals surface area contributed by atoms with Crippen molar-refractivity contribution in [3.8, 4) is 5.75 Å². The molecule has 0 spiro atoms. The molecule has 0 aliphatic carbocycles. The highest BCUT2D eigenvalue weighted by atomic mass is 16.5. The molecule has 1 aliphatic rings. The topological polar surface area (TPSA) is 68.7 Å². The van der Waals surface area contributed by atoms with Gasteiger partial charge in [-0.1, -0.05) is 13.8 Å². The number of hydrogen-bond donors (Lipinski definition) is 0. The van der Waals surface area contributed by atoms with Crippen LogP contribution in [0.4, 0.5) is 0 Å². The highest BCUT2D eigenvalue weighted by Gasteiger charge is 2.48. The number of ether oxygens (including phenoxy) is 2. The number of hydrogen-bond acceptors (Lipinski definition) is 5. The number of esters is 1. The second-order valence-electron chi connectivity index (χ2n) is 6.25. The Bertz CT molecular complexity index is 825. The summed E-state index contributed by atoms with van der Waals surface area (Å²) in [4.78, 5) is 31.1. The smallest absolute Gasteiger partial charge is 0.318 e. The molecule has 0 saturated carbocycles. The van der Waals surface area contributed by atoms with Gasteiger partial charge in [-0.2, -0.15) is 0 Å². The zero-order valence-corrected chi connectivity index (χ0v) is 16.8. The number of rotatable bonds is 4. The van der Waals surface area contributed by atoms with Crippen molar-refractivity contribution in [1.82, 2.24) is 9.88 Å². The third-order valence-corrected chi connectivity index (χ3v) is 4.80. The van der Waals surface area contributed by atoms with E-state index in [0.717, 1.165) is 0 Å². The Hall–Kier alpha value is -2.83. The van der Waals surface area contributed by atoms with Gasteiger partial charge in [-0.15, -0.1) is 0 Å². The predicted molar refractivity (Wildman–Crippen MR) is 108 cm³/mol. The van der Waals surface area contributed by atoms with Crippen molar-refractivity contribution in [2.75, 3.05) is 27.3 Å². The van der Waals surface area contributed by atoms with E-state index in [0.29, 0.717) is 35.4 Å². The number of pyridine rings is 1. The van der Waals surface area contributed by atoms with Gasteiger partial charge in [0.25, 0.3) is 5.91 Å². The van der Waals surface area contributed by atoms with Crippen molar-refractivity contribution < 1.29 is 19.1 Å². The first kappa shape index (κ1) is 21.5. The summed E-state index contributed by atoms with van der Waals surface area (Å²) in [6.07, 6.45) is 2.02. The van der Waals surface area contributed by atoms with Gasteiger partial charge >= 0.3 is 5.97 Å². The molecule has 1 atom stereocenters. The van der Waals surface area contributed by atoms with Gasteiger partial charge in [-0.25, -0.2) is 0 Å². The lowest BCUT2D eigenvalue weighted by Crippen LogP contribution is -2.41. The van der Waals surface area contributed by atoms with Gasteiger partial charge in [0.2, 0.25) is 0 Å². The van der Waals surface area contributed by atoms with E-state index in [-0.39, 0.29) is 18.4 Å². The summed E-state index contributed by atoms with van der Waals surface area (Å²) >= 11 is 0. The minimum atomic E-state index is -0.937. The zero-order valence-electron chi connectivity index (χ0n) is 16.8. The van der Waals surface area contributed by atoms with Crippen molar-refractivity contribution in [2.45, 2.75) is 25.7 Å². The fraction of sp³-hybridized carbons (Fsp3) is 0.381. The molecule has 0 bridgehead atoms. The largest absolute Gasteiger partial charge is 0.497 e. The molecule has 6 nitrogen and oxygen atoms in total. The molecule has 2 heterocycles. The Balaban J connectivity index is 0.00000136. The number of aromatic nitrogens is 1. The van der Waals surface area contributed by atoms with Crippen LogP contribution in [0.3, 0.4) is 0 Å². The maximum Gasteiger partial charge on any atom is 0.318 e. The Morgan fingerprint density at radius 1 is 1.14 bits per heavy atom. The molecular weight excluding hydrogens is 355 g/mol. The Morgan fingerprint density at radius 2 is 1.82 bits per heavy atom. The number of carbonyl (C=O) groups excluding carboxylic acids is 2. The van der Waals surface area contributed by atoms with Gasteiger partial charge in [-0.3, -0.25) is 14.6 Å². The number of likely N-dealkylation sites (tertiary alicyclic amines) is 1. The van der Waals surface area contributed by atoms with E-state index in [1.807, 2.05) is 13.8 Å². The van der Waals surface area contributed by atoms with Gasteiger partial charge in [0.05, 0.1) is 14.2 Å². The van der Waals surface area contributed by atoms with Gasteiger partial charge in [0.15, 0.2) is 0 Å². The summed E-state index contributed by atoms with van der Waals surface area (Å²) in [5.41, 5.74) is 0.641. The predicted octanol–water partition coefficient (Wildman–Crippen LogP) is 1.87. The lowest BCUT2D eigenvalue weighted by atomic mass is 9.79. The summed E-state index contributed by atoms with van der Waals surface area (Å²) in [5, 5.41) is 0. The number of amides is 1. The normalized spacial score (nSPS) is 18.1. The summed E-state index contributed by atoms with van der Waals surface area (Å²) < 4.78 is 10.2. The van der Waals surface area contributed by atoms with E-state index < -0.39 is 5.41 Å². The first-order valence-electron chi connectivity index (χ1n) is 9.24. The van der Waals surface area contributed by atoms with Gasteiger partial charge < -0.3 is 14.4 Å². The molecule has 1 saturated heterocycles. The van der Waals surface area contributed by atoms with Gasteiger partial charge in [0, 0.05) is 24.8 Å². The van der Waals surface area contributed by atoms with E-state index in [1.165, 1.54) is 7.11 Å². The highest BCUT2D eigenvalue weighted by Crippen LogP contribution is 2.36. The van der Waals surface area contributed by atoms with E-state index in [2.05, 4.69) is 4.98 Å². The Labute approximate surface area is 167 Å². The van der Waals surface area contributed by atoms with Gasteiger partial charge in [0.1, 0.15) is 19.0 Å². The Morgan fingerprint density at radius 3 is 2.39 bits per heavy atom. The fourth-order valence-corrected chi connectivity index (χ4v) is 3.36. The van der Waals surface area contributed by atoms with Crippen molar-refractivity contribution >= 4 is 25.3 Å². The summed E-state index contributed by atoms with van der Waals surface area (Å²) in [6.45, 7) is 4.68. The maximum absolute atomic E-state index is 12.8. The van der Waals surface area contributed by atoms with E-state index in [9.17, 15) is 9.59 Å². The van der Waals surface area contributed by atoms with Crippen LogP contribution in [-0.2, 0) is 14.9 Å². The number of nitrogens with zero attached hydrogens (tertiary/aromatic N) is 2. The second kappa shape index (κ2) is 9.40. The van der Waals surface area contributed by atoms with Crippen molar-refractivity contribution in [1.29, 1.82) is 0 Å². The van der Waals surface area contributed by atoms with E-state index in [1.54, 1.807) is 54.6 Å². The molecule has 2 aromatic rings. The first-order chi connectivity index (χ1) is 13.5. The van der Waals surface area contributed by atoms with Crippen molar-refractivity contribution in [3.05, 3.63) is 53.7 Å². The van der Waals surface area contributed by atoms with Crippen LogP contribution in [0.1, 0.15) is 36.2 Å². The summed E-state index contributed by atoms with van der Waals surface area (Å²) in [6, 6.07) is 10.3. The molecule has 1 amide bonds. The molecule has 1 unspecified atom stereocenters. The molecule has 1 fully saturated rings. The standard InChI is InChI=1S/C19H19BN2O4.C2H6/c1-25-15-5-3-13(4-6-15)17(23)22-10-8-19(12-22,18(24)26-2)14-7-9-21-16(20)11-14;1-2/h3-7,9,11H,8,10,12H2,1-2H3;1-2H3. The lowest BCUT2D eigenvalue weighted by Gasteiger charge is -2.27. The van der Waals surface area contributed by atoms with Crippen molar-refractivity contribution in [3.63, 3.8) is 0 Å². The van der Waals surface area contributed by atoms with Crippen LogP contribution in [0.15, 0.2) is 42.6 Å². The van der Waals surface area contributed by atoms with Crippen LogP contribution in [0.25, 0.3) is 0 Å². The lowest BCUT2D eigenvalue weighted by molar-refractivity contribution is -0.147. The average Bonchev–Trinajstić information content (AvgIpc) is 3.21. The summed E-state index contributed by atoms with van der Waals surface area (Å²) in [5.74, 6) is 0.160. The minimum absolute atomic E-state index is 0.138. The summed E-state index contributed by atoms with van der Waals surface area (Å²) in [7, 11) is 8.71. The van der Waals surface area contributed by atoms with Crippen LogP contribution in [0, 0.1) is 0 Å². The van der Waals surface area contributed by atoms with Gasteiger partial charge in [-0.05, 0) is 54.0 Å². The van der Waals surface area contributed by atoms with E-state index in [4.69, 9.17) is 17.3 Å². The zero-order chi connectivity index (χ0) is 20.7. The van der Waals surface area contributed by atoms with E-state index >= 15 is 0 Å². The second-order valence-corrected chi connectivity index (χ2v) is 6.25. The molecule has 0 N–H and O–H groups in total.